The van der Waals surface area contributed by atoms with Gasteiger partial charge < -0.3 is 16.0 Å². The van der Waals surface area contributed by atoms with Gasteiger partial charge in [0.05, 0.1) is 11.6 Å². The number of nitrogens with one attached hydrogen (secondary N) is 1. The van der Waals surface area contributed by atoms with E-state index in [0.717, 1.165) is 11.3 Å². The van der Waals surface area contributed by atoms with Gasteiger partial charge in [-0.25, -0.2) is 0 Å². The summed E-state index contributed by atoms with van der Waals surface area (Å²) in [4.78, 5) is 27.2. The number of hydrogen-bond acceptors (Lipinski definition) is 4. The molecule has 0 atom stereocenters. The third kappa shape index (κ3) is 7.82. The molecule has 2 rings (SSSR count). The summed E-state index contributed by atoms with van der Waals surface area (Å²) < 4.78 is 0. The number of nitrogens with two attached hydrogens (primary N) is 1. The van der Waals surface area contributed by atoms with Gasteiger partial charge in [0.25, 0.3) is 5.91 Å². The molecule has 0 aromatic heterocycles. The molecule has 0 radical (unpaired) electrons. The van der Waals surface area contributed by atoms with Gasteiger partial charge in [-0.2, -0.15) is 5.26 Å². The molecule has 170 valence electrons. The predicted octanol–water partition coefficient (Wildman–Crippen LogP) is 4.56. The lowest BCUT2D eigenvalue weighted by Gasteiger charge is -2.32. The van der Waals surface area contributed by atoms with Crippen molar-refractivity contribution < 1.29 is 9.59 Å². The van der Waals surface area contributed by atoms with E-state index in [-0.39, 0.29) is 22.6 Å². The van der Waals surface area contributed by atoms with Gasteiger partial charge in [0, 0.05) is 30.8 Å². The Bertz CT molecular complexity index is 965. The number of carbonyl (C=O) groups excluding carboxylic acids is 2. The van der Waals surface area contributed by atoms with Crippen LogP contribution >= 0.6 is 0 Å². The number of carbonyl (C=O) groups is 2. The first-order valence-corrected chi connectivity index (χ1v) is 10.8. The van der Waals surface area contributed by atoms with Crippen LogP contribution in [0.4, 0.5) is 5.69 Å². The first-order valence-electron chi connectivity index (χ1n) is 10.8. The van der Waals surface area contributed by atoms with Gasteiger partial charge in [-0.05, 0) is 59.3 Å². The number of benzene rings is 2. The SMILES string of the molecule is CC(C)(C)CC(=O)Nc1ccc(CN(CC(C)(C)CN)C(=O)c2ccc(C#N)cc2)cc1. The van der Waals surface area contributed by atoms with E-state index in [1.807, 2.05) is 58.9 Å². The van der Waals surface area contributed by atoms with Crippen LogP contribution in [0, 0.1) is 22.2 Å². The van der Waals surface area contributed by atoms with Crippen LogP contribution in [0.2, 0.25) is 0 Å². The number of nitrogens with zero attached hydrogens (tertiary/aromatic N) is 2. The van der Waals surface area contributed by atoms with Crippen molar-refractivity contribution in [2.24, 2.45) is 16.6 Å². The van der Waals surface area contributed by atoms with Crippen LogP contribution in [0.25, 0.3) is 0 Å². The average molecular weight is 435 g/mol. The molecule has 3 N–H and O–H groups in total. The molecule has 0 saturated carbocycles. The quantitative estimate of drug-likeness (QED) is 0.636. The number of rotatable bonds is 8. The second-order valence-electron chi connectivity index (χ2n) is 10.2. The van der Waals surface area contributed by atoms with Crippen molar-refractivity contribution in [3.63, 3.8) is 0 Å². The first kappa shape index (κ1) is 25.1. The predicted molar refractivity (Wildman–Crippen MR) is 128 cm³/mol. The average Bonchev–Trinajstić information content (AvgIpc) is 2.72. The van der Waals surface area contributed by atoms with Crippen molar-refractivity contribution in [1.82, 2.24) is 4.90 Å². The largest absolute Gasteiger partial charge is 0.334 e. The third-order valence-corrected chi connectivity index (χ3v) is 5.02. The highest BCUT2D eigenvalue weighted by Crippen LogP contribution is 2.22. The van der Waals surface area contributed by atoms with Gasteiger partial charge in [-0.3, -0.25) is 9.59 Å². The Kier molecular flexibility index (Phi) is 8.18. The molecule has 0 saturated heterocycles. The van der Waals surface area contributed by atoms with Crippen LogP contribution in [0.1, 0.15) is 62.5 Å². The zero-order valence-corrected chi connectivity index (χ0v) is 19.7. The third-order valence-electron chi connectivity index (χ3n) is 5.02. The Balaban J connectivity index is 2.17. The summed E-state index contributed by atoms with van der Waals surface area (Å²) in [5.74, 6) is -0.133. The van der Waals surface area contributed by atoms with Crippen LogP contribution < -0.4 is 11.1 Å². The second kappa shape index (κ2) is 10.4. The number of anilines is 1. The molecule has 6 heteroatoms. The maximum atomic E-state index is 13.2. The summed E-state index contributed by atoms with van der Waals surface area (Å²) in [5.41, 5.74) is 8.32. The molecule has 2 aromatic carbocycles. The lowest BCUT2D eigenvalue weighted by atomic mass is 9.92. The van der Waals surface area contributed by atoms with E-state index >= 15 is 0 Å². The highest BCUT2D eigenvalue weighted by Gasteiger charge is 2.25. The minimum atomic E-state index is -0.247. The summed E-state index contributed by atoms with van der Waals surface area (Å²) in [6.45, 7) is 11.5. The zero-order valence-electron chi connectivity index (χ0n) is 19.7. The van der Waals surface area contributed by atoms with Gasteiger partial charge in [-0.1, -0.05) is 46.8 Å². The Morgan fingerprint density at radius 2 is 1.59 bits per heavy atom. The minimum absolute atomic E-state index is 0.0208. The second-order valence-corrected chi connectivity index (χ2v) is 10.2. The molecule has 0 aliphatic rings. The van der Waals surface area contributed by atoms with Gasteiger partial charge in [-0.15, -0.1) is 0 Å². The summed E-state index contributed by atoms with van der Waals surface area (Å²) in [7, 11) is 0. The minimum Gasteiger partial charge on any atom is -0.334 e. The molecule has 2 aromatic rings. The van der Waals surface area contributed by atoms with Crippen molar-refractivity contribution in [2.45, 2.75) is 47.6 Å². The summed E-state index contributed by atoms with van der Waals surface area (Å²) in [5, 5.41) is 11.9. The highest BCUT2D eigenvalue weighted by atomic mass is 16.2. The number of amides is 2. The molecule has 2 amide bonds. The fraction of sp³-hybridized carbons (Fsp3) is 0.423. The van der Waals surface area contributed by atoms with Crippen LogP contribution in [0.5, 0.6) is 0 Å². The standard InChI is InChI=1S/C26H34N4O2/c1-25(2,3)14-23(31)29-22-12-8-20(9-13-22)16-30(18-26(4,5)17-28)24(32)21-10-6-19(15-27)7-11-21/h6-13H,14,16-18,28H2,1-5H3,(H,29,31). The van der Waals surface area contributed by atoms with E-state index < -0.39 is 0 Å². The van der Waals surface area contributed by atoms with Gasteiger partial charge >= 0.3 is 0 Å². The molecule has 32 heavy (non-hydrogen) atoms. The van der Waals surface area contributed by atoms with Gasteiger partial charge in [0.1, 0.15) is 0 Å². The lowest BCUT2D eigenvalue weighted by Crippen LogP contribution is -2.41. The topological polar surface area (TPSA) is 99.2 Å². The Labute approximate surface area is 191 Å². The normalized spacial score (nSPS) is 11.5. The van der Waals surface area contributed by atoms with Gasteiger partial charge in [0.2, 0.25) is 5.91 Å². The van der Waals surface area contributed by atoms with Crippen molar-refractivity contribution in [2.75, 3.05) is 18.4 Å². The van der Waals surface area contributed by atoms with E-state index in [0.29, 0.717) is 37.2 Å². The van der Waals surface area contributed by atoms with E-state index in [1.54, 1.807) is 29.2 Å². The van der Waals surface area contributed by atoms with Crippen molar-refractivity contribution in [3.8, 4) is 6.07 Å². The summed E-state index contributed by atoms with van der Waals surface area (Å²) in [6.07, 6.45) is 0.440. The van der Waals surface area contributed by atoms with Crippen LogP contribution in [0.3, 0.4) is 0 Å². The molecule has 0 aliphatic heterocycles. The molecule has 0 aliphatic carbocycles. The van der Waals surface area contributed by atoms with Crippen LogP contribution in [-0.2, 0) is 11.3 Å². The molecule has 0 spiro atoms. The van der Waals surface area contributed by atoms with E-state index in [9.17, 15) is 9.59 Å². The van der Waals surface area contributed by atoms with Crippen LogP contribution in [0.15, 0.2) is 48.5 Å². The van der Waals surface area contributed by atoms with Crippen molar-refractivity contribution >= 4 is 17.5 Å². The smallest absolute Gasteiger partial charge is 0.254 e. The van der Waals surface area contributed by atoms with E-state index in [4.69, 9.17) is 11.0 Å². The molecule has 0 bridgehead atoms. The molecular formula is C26H34N4O2. The fourth-order valence-corrected chi connectivity index (χ4v) is 3.25. The fourth-order valence-electron chi connectivity index (χ4n) is 3.25. The zero-order chi connectivity index (χ0) is 23.9. The van der Waals surface area contributed by atoms with Crippen molar-refractivity contribution in [3.05, 3.63) is 65.2 Å². The molecule has 0 heterocycles. The molecule has 0 unspecified atom stereocenters. The summed E-state index contributed by atoms with van der Waals surface area (Å²) >= 11 is 0. The van der Waals surface area contributed by atoms with E-state index in [2.05, 4.69) is 11.4 Å². The highest BCUT2D eigenvalue weighted by molar-refractivity contribution is 5.94. The lowest BCUT2D eigenvalue weighted by molar-refractivity contribution is -0.117. The molecule has 0 fully saturated rings. The van der Waals surface area contributed by atoms with Crippen LogP contribution in [-0.4, -0.2) is 29.8 Å². The van der Waals surface area contributed by atoms with E-state index in [1.165, 1.54) is 0 Å². The monoisotopic (exact) mass is 434 g/mol. The Morgan fingerprint density at radius 3 is 2.09 bits per heavy atom. The number of hydrogen-bond donors (Lipinski definition) is 2. The molecule has 6 nitrogen and oxygen atoms in total. The Morgan fingerprint density at radius 1 is 1.00 bits per heavy atom. The molecular weight excluding hydrogens is 400 g/mol. The van der Waals surface area contributed by atoms with Gasteiger partial charge in [0.15, 0.2) is 0 Å². The maximum absolute atomic E-state index is 13.2. The Hall–Kier alpha value is -3.17. The first-order chi connectivity index (χ1) is 14.9. The number of nitriles is 1. The van der Waals surface area contributed by atoms with Crippen molar-refractivity contribution in [1.29, 1.82) is 5.26 Å². The maximum Gasteiger partial charge on any atom is 0.254 e. The summed E-state index contributed by atoms with van der Waals surface area (Å²) in [6, 6.07) is 16.3.